The van der Waals surface area contributed by atoms with Crippen molar-refractivity contribution in [1.82, 2.24) is 14.8 Å². The molecule has 0 atom stereocenters. The number of benzene rings is 1. The first-order valence-corrected chi connectivity index (χ1v) is 10.3. The summed E-state index contributed by atoms with van der Waals surface area (Å²) < 4.78 is 16.1. The molecule has 0 saturated carbocycles. The second-order valence-corrected chi connectivity index (χ2v) is 7.66. The Morgan fingerprint density at radius 3 is 2.66 bits per heavy atom. The summed E-state index contributed by atoms with van der Waals surface area (Å²) in [5.74, 6) is 1.80. The molecule has 0 unspecified atom stereocenters. The van der Waals surface area contributed by atoms with Crippen molar-refractivity contribution in [1.29, 1.82) is 0 Å². The van der Waals surface area contributed by atoms with Crippen LogP contribution in [0.2, 0.25) is 0 Å². The lowest BCUT2D eigenvalue weighted by molar-refractivity contribution is 0.0624. The fraction of sp³-hybridized carbons (Fsp3) is 0.333. The molecule has 1 fully saturated rings. The van der Waals surface area contributed by atoms with Gasteiger partial charge in [-0.25, -0.2) is 4.98 Å². The normalized spacial score (nSPS) is 14.8. The fourth-order valence-electron chi connectivity index (χ4n) is 3.45. The van der Waals surface area contributed by atoms with Crippen LogP contribution in [0.5, 0.6) is 11.5 Å². The summed E-state index contributed by atoms with van der Waals surface area (Å²) in [6, 6.07) is 9.15. The highest BCUT2D eigenvalue weighted by Gasteiger charge is 2.26. The summed E-state index contributed by atoms with van der Waals surface area (Å²) >= 11 is 1.63. The zero-order valence-electron chi connectivity index (χ0n) is 16.5. The number of furan rings is 1. The van der Waals surface area contributed by atoms with Crippen molar-refractivity contribution in [2.75, 3.05) is 40.4 Å². The Kier molecular flexibility index (Phi) is 5.82. The Labute approximate surface area is 173 Å². The number of rotatable bonds is 6. The van der Waals surface area contributed by atoms with Gasteiger partial charge in [-0.05, 0) is 24.3 Å². The van der Waals surface area contributed by atoms with E-state index in [0.717, 1.165) is 36.1 Å². The maximum Gasteiger partial charge on any atom is 0.257 e. The first kappa shape index (κ1) is 19.5. The van der Waals surface area contributed by atoms with Crippen molar-refractivity contribution in [2.24, 2.45) is 0 Å². The van der Waals surface area contributed by atoms with Gasteiger partial charge in [-0.3, -0.25) is 9.69 Å². The van der Waals surface area contributed by atoms with E-state index in [0.29, 0.717) is 30.2 Å². The molecule has 0 spiro atoms. The minimum Gasteiger partial charge on any atom is -0.493 e. The Bertz CT molecular complexity index is 962. The quantitative estimate of drug-likeness (QED) is 0.617. The maximum atomic E-state index is 13.0. The molecule has 1 saturated heterocycles. The topological polar surface area (TPSA) is 68.0 Å². The number of ether oxygens (including phenoxy) is 2. The number of hydrogen-bond donors (Lipinski definition) is 0. The highest BCUT2D eigenvalue weighted by molar-refractivity contribution is 7.09. The summed E-state index contributed by atoms with van der Waals surface area (Å²) in [5.41, 5.74) is 1.40. The molecule has 8 heteroatoms. The standard InChI is InChI=1S/C21H23N3O4S/c1-26-18-6-3-5-15(20(18)27-2)21(25)24-10-8-23(9-11-24)13-19-22-16(14-29-19)17-7-4-12-28-17/h3-7,12,14H,8-11,13H2,1-2H3. The molecule has 3 heterocycles. The molecule has 152 valence electrons. The van der Waals surface area contributed by atoms with Crippen molar-refractivity contribution >= 4 is 17.2 Å². The van der Waals surface area contributed by atoms with E-state index in [1.807, 2.05) is 28.5 Å². The molecule has 2 aromatic heterocycles. The minimum atomic E-state index is -0.0326. The van der Waals surface area contributed by atoms with Crippen LogP contribution in [-0.4, -0.2) is 61.1 Å². The molecule has 0 N–H and O–H groups in total. The molecule has 3 aromatic rings. The van der Waals surface area contributed by atoms with Gasteiger partial charge in [0, 0.05) is 31.6 Å². The Morgan fingerprint density at radius 1 is 1.14 bits per heavy atom. The third-order valence-corrected chi connectivity index (χ3v) is 5.81. The van der Waals surface area contributed by atoms with E-state index in [-0.39, 0.29) is 5.91 Å². The fourth-order valence-corrected chi connectivity index (χ4v) is 4.27. The van der Waals surface area contributed by atoms with Crippen LogP contribution in [0.1, 0.15) is 15.4 Å². The molecule has 0 radical (unpaired) electrons. The predicted molar refractivity (Wildman–Crippen MR) is 111 cm³/mol. The highest BCUT2D eigenvalue weighted by Crippen LogP contribution is 2.31. The van der Waals surface area contributed by atoms with Gasteiger partial charge in [0.05, 0.1) is 32.6 Å². The molecule has 1 amide bonds. The van der Waals surface area contributed by atoms with Gasteiger partial charge in [0.2, 0.25) is 0 Å². The van der Waals surface area contributed by atoms with Crippen molar-refractivity contribution < 1.29 is 18.7 Å². The average Bonchev–Trinajstić information content (AvgIpc) is 3.45. The van der Waals surface area contributed by atoms with Gasteiger partial charge in [0.1, 0.15) is 10.7 Å². The molecule has 1 aromatic carbocycles. The number of carbonyl (C=O) groups is 1. The first-order chi connectivity index (χ1) is 14.2. The first-order valence-electron chi connectivity index (χ1n) is 9.40. The zero-order chi connectivity index (χ0) is 20.2. The van der Waals surface area contributed by atoms with Crippen LogP contribution in [0.25, 0.3) is 11.5 Å². The summed E-state index contributed by atoms with van der Waals surface area (Å²) in [6.07, 6.45) is 1.65. The number of hydrogen-bond acceptors (Lipinski definition) is 7. The number of piperazine rings is 1. The van der Waals surface area contributed by atoms with E-state index >= 15 is 0 Å². The molecular formula is C21H23N3O4S. The van der Waals surface area contributed by atoms with Gasteiger partial charge in [0.15, 0.2) is 17.3 Å². The smallest absolute Gasteiger partial charge is 0.257 e. The zero-order valence-corrected chi connectivity index (χ0v) is 17.3. The van der Waals surface area contributed by atoms with Crippen LogP contribution >= 0.6 is 11.3 Å². The van der Waals surface area contributed by atoms with Crippen LogP contribution in [0.3, 0.4) is 0 Å². The number of thiazole rings is 1. The summed E-state index contributed by atoms with van der Waals surface area (Å²) in [5, 5.41) is 3.06. The van der Waals surface area contributed by atoms with E-state index in [2.05, 4.69) is 9.88 Å². The maximum absolute atomic E-state index is 13.0. The molecule has 7 nitrogen and oxygen atoms in total. The van der Waals surface area contributed by atoms with Crippen molar-refractivity contribution in [2.45, 2.75) is 6.54 Å². The summed E-state index contributed by atoms with van der Waals surface area (Å²) in [7, 11) is 3.12. The highest BCUT2D eigenvalue weighted by atomic mass is 32.1. The Balaban J connectivity index is 1.37. The van der Waals surface area contributed by atoms with E-state index < -0.39 is 0 Å². The minimum absolute atomic E-state index is 0.0326. The predicted octanol–water partition coefficient (Wildman–Crippen LogP) is 3.38. The van der Waals surface area contributed by atoms with Crippen LogP contribution < -0.4 is 9.47 Å². The van der Waals surface area contributed by atoms with Crippen LogP contribution in [0, 0.1) is 0 Å². The number of amides is 1. The lowest BCUT2D eigenvalue weighted by atomic mass is 10.1. The van der Waals surface area contributed by atoms with Gasteiger partial charge < -0.3 is 18.8 Å². The number of methoxy groups -OCH3 is 2. The largest absolute Gasteiger partial charge is 0.493 e. The molecule has 1 aliphatic heterocycles. The number of nitrogens with zero attached hydrogens (tertiary/aromatic N) is 3. The van der Waals surface area contributed by atoms with Crippen molar-refractivity contribution in [3.05, 3.63) is 52.5 Å². The van der Waals surface area contributed by atoms with E-state index in [9.17, 15) is 4.79 Å². The Morgan fingerprint density at radius 2 is 1.97 bits per heavy atom. The van der Waals surface area contributed by atoms with Crippen LogP contribution in [-0.2, 0) is 6.54 Å². The monoisotopic (exact) mass is 413 g/mol. The SMILES string of the molecule is COc1cccc(C(=O)N2CCN(Cc3nc(-c4ccco4)cs3)CC2)c1OC. The lowest BCUT2D eigenvalue weighted by Crippen LogP contribution is -2.48. The second kappa shape index (κ2) is 8.67. The Hall–Kier alpha value is -2.84. The van der Waals surface area contributed by atoms with Gasteiger partial charge in [-0.1, -0.05) is 6.07 Å². The van der Waals surface area contributed by atoms with Gasteiger partial charge >= 0.3 is 0 Å². The van der Waals surface area contributed by atoms with Gasteiger partial charge in [-0.2, -0.15) is 0 Å². The average molecular weight is 413 g/mol. The molecule has 29 heavy (non-hydrogen) atoms. The van der Waals surface area contributed by atoms with Gasteiger partial charge in [-0.15, -0.1) is 11.3 Å². The number of aromatic nitrogens is 1. The summed E-state index contributed by atoms with van der Waals surface area (Å²) in [6.45, 7) is 3.70. The van der Waals surface area contributed by atoms with Crippen LogP contribution in [0.4, 0.5) is 0 Å². The molecule has 0 bridgehead atoms. The number of carbonyl (C=O) groups excluding carboxylic acids is 1. The molecule has 1 aliphatic rings. The molecular weight excluding hydrogens is 390 g/mol. The second-order valence-electron chi connectivity index (χ2n) is 6.71. The molecule has 4 rings (SSSR count). The van der Waals surface area contributed by atoms with E-state index in [1.54, 1.807) is 44.0 Å². The third kappa shape index (κ3) is 4.13. The third-order valence-electron chi connectivity index (χ3n) is 4.98. The lowest BCUT2D eigenvalue weighted by Gasteiger charge is -2.34. The van der Waals surface area contributed by atoms with Gasteiger partial charge in [0.25, 0.3) is 5.91 Å². The van der Waals surface area contributed by atoms with E-state index in [4.69, 9.17) is 13.9 Å². The van der Waals surface area contributed by atoms with Crippen LogP contribution in [0.15, 0.2) is 46.4 Å². The number of para-hydroxylation sites is 1. The summed E-state index contributed by atoms with van der Waals surface area (Å²) in [4.78, 5) is 21.8. The molecule has 0 aliphatic carbocycles. The van der Waals surface area contributed by atoms with E-state index in [1.165, 1.54) is 0 Å². The van der Waals surface area contributed by atoms with Crippen molar-refractivity contribution in [3.63, 3.8) is 0 Å². The van der Waals surface area contributed by atoms with Crippen molar-refractivity contribution in [3.8, 4) is 23.0 Å².